The first-order valence-corrected chi connectivity index (χ1v) is 7.86. The molecule has 1 atom stereocenters. The molecule has 1 N–H and O–H groups in total. The molecule has 0 aromatic heterocycles. The summed E-state index contributed by atoms with van der Waals surface area (Å²) in [5.74, 6) is 1.65. The topological polar surface area (TPSA) is 24.5 Å². The van der Waals surface area contributed by atoms with Gasteiger partial charge < -0.3 is 10.1 Å². The van der Waals surface area contributed by atoms with Crippen LogP contribution in [0.2, 0.25) is 5.02 Å². The summed E-state index contributed by atoms with van der Waals surface area (Å²) in [4.78, 5) is 2.47. The van der Waals surface area contributed by atoms with Gasteiger partial charge in [-0.2, -0.15) is 0 Å². The van der Waals surface area contributed by atoms with Crippen LogP contribution in [0.5, 0.6) is 5.75 Å². The first kappa shape index (κ1) is 15.6. The lowest BCUT2D eigenvalue weighted by Crippen LogP contribution is -2.27. The van der Waals surface area contributed by atoms with Gasteiger partial charge in [0.1, 0.15) is 5.75 Å². The van der Waals surface area contributed by atoms with Gasteiger partial charge in [-0.3, -0.25) is 4.90 Å². The molecule has 0 spiro atoms. The number of likely N-dealkylation sites (tertiary alicyclic amines) is 1. The summed E-state index contributed by atoms with van der Waals surface area (Å²) in [7, 11) is 1.70. The molecule has 0 radical (unpaired) electrons. The van der Waals surface area contributed by atoms with Crippen molar-refractivity contribution >= 4 is 11.6 Å². The largest absolute Gasteiger partial charge is 0.496 e. The lowest BCUT2D eigenvalue weighted by Gasteiger charge is -2.19. The monoisotopic (exact) mass is 296 g/mol. The molecule has 3 nitrogen and oxygen atoms in total. The van der Waals surface area contributed by atoms with Crippen LogP contribution in [0.15, 0.2) is 18.2 Å². The summed E-state index contributed by atoms with van der Waals surface area (Å²) in [5, 5.41) is 4.32. The summed E-state index contributed by atoms with van der Waals surface area (Å²) in [6.45, 7) is 7.63. The quantitative estimate of drug-likeness (QED) is 0.782. The molecule has 0 aliphatic carbocycles. The molecule has 1 aromatic carbocycles. The van der Waals surface area contributed by atoms with Crippen molar-refractivity contribution in [1.29, 1.82) is 0 Å². The Kier molecular flexibility index (Phi) is 6.14. The molecule has 0 amide bonds. The number of nitrogens with one attached hydrogen (secondary N) is 1. The smallest absolute Gasteiger partial charge is 0.124 e. The first-order valence-electron chi connectivity index (χ1n) is 7.49. The molecular formula is C16H25ClN2O. The molecule has 4 heteroatoms. The van der Waals surface area contributed by atoms with Gasteiger partial charge in [-0.15, -0.1) is 0 Å². The molecule has 1 unspecified atom stereocenters. The van der Waals surface area contributed by atoms with Crippen molar-refractivity contribution in [3.63, 3.8) is 0 Å². The minimum Gasteiger partial charge on any atom is -0.496 e. The van der Waals surface area contributed by atoms with Crippen molar-refractivity contribution in [3.05, 3.63) is 28.8 Å². The molecule has 1 saturated heterocycles. The van der Waals surface area contributed by atoms with Crippen molar-refractivity contribution < 1.29 is 4.74 Å². The number of halogens is 1. The Morgan fingerprint density at radius 2 is 2.30 bits per heavy atom. The number of hydrogen-bond acceptors (Lipinski definition) is 3. The summed E-state index contributed by atoms with van der Waals surface area (Å²) in [6, 6.07) is 5.86. The zero-order chi connectivity index (χ0) is 14.4. The Bertz CT molecular complexity index is 425. The van der Waals surface area contributed by atoms with Crippen LogP contribution >= 0.6 is 11.6 Å². The van der Waals surface area contributed by atoms with Gasteiger partial charge in [-0.25, -0.2) is 0 Å². The summed E-state index contributed by atoms with van der Waals surface area (Å²) in [5.41, 5.74) is 1.11. The maximum Gasteiger partial charge on any atom is 0.124 e. The van der Waals surface area contributed by atoms with E-state index in [9.17, 15) is 0 Å². The van der Waals surface area contributed by atoms with E-state index in [1.807, 2.05) is 18.2 Å². The van der Waals surface area contributed by atoms with Gasteiger partial charge in [0.05, 0.1) is 7.11 Å². The Labute approximate surface area is 127 Å². The fraction of sp³-hybridized carbons (Fsp3) is 0.625. The Morgan fingerprint density at radius 1 is 1.45 bits per heavy atom. The number of methoxy groups -OCH3 is 1. The van der Waals surface area contributed by atoms with E-state index in [1.165, 1.54) is 12.8 Å². The van der Waals surface area contributed by atoms with E-state index in [4.69, 9.17) is 16.3 Å². The highest BCUT2D eigenvalue weighted by molar-refractivity contribution is 6.31. The predicted molar refractivity (Wildman–Crippen MR) is 84.5 cm³/mol. The normalized spacial score (nSPS) is 19.4. The van der Waals surface area contributed by atoms with Crippen molar-refractivity contribution in [2.24, 2.45) is 5.92 Å². The molecule has 112 valence electrons. The van der Waals surface area contributed by atoms with E-state index in [0.29, 0.717) is 0 Å². The summed E-state index contributed by atoms with van der Waals surface area (Å²) >= 11 is 6.31. The maximum atomic E-state index is 6.31. The Balaban J connectivity index is 1.89. The molecule has 1 heterocycles. The number of hydrogen-bond donors (Lipinski definition) is 1. The van der Waals surface area contributed by atoms with Gasteiger partial charge in [-0.1, -0.05) is 24.6 Å². The van der Waals surface area contributed by atoms with E-state index in [-0.39, 0.29) is 0 Å². The van der Waals surface area contributed by atoms with Crippen LogP contribution in [0, 0.1) is 5.92 Å². The molecule has 0 bridgehead atoms. The van der Waals surface area contributed by atoms with E-state index in [0.717, 1.165) is 55.0 Å². The zero-order valence-corrected chi connectivity index (χ0v) is 13.2. The lowest BCUT2D eigenvalue weighted by molar-refractivity contribution is 0.306. The van der Waals surface area contributed by atoms with Crippen molar-refractivity contribution in [3.8, 4) is 5.75 Å². The van der Waals surface area contributed by atoms with E-state index in [1.54, 1.807) is 7.11 Å². The third kappa shape index (κ3) is 4.11. The van der Waals surface area contributed by atoms with Gasteiger partial charge in [-0.05, 0) is 50.5 Å². The molecule has 1 fully saturated rings. The van der Waals surface area contributed by atoms with E-state index in [2.05, 4.69) is 17.1 Å². The fourth-order valence-corrected chi connectivity index (χ4v) is 3.04. The number of nitrogens with zero attached hydrogens (tertiary/aromatic N) is 1. The molecule has 1 aromatic rings. The van der Waals surface area contributed by atoms with E-state index < -0.39 is 0 Å². The van der Waals surface area contributed by atoms with Gasteiger partial charge in [0.2, 0.25) is 0 Å². The minimum absolute atomic E-state index is 0.759. The fourth-order valence-electron chi connectivity index (χ4n) is 2.81. The number of rotatable bonds is 7. The van der Waals surface area contributed by atoms with Crippen LogP contribution < -0.4 is 10.1 Å². The molecule has 2 rings (SSSR count). The van der Waals surface area contributed by atoms with Crippen LogP contribution in [0.1, 0.15) is 25.3 Å². The average Bonchev–Trinajstić information content (AvgIpc) is 2.89. The highest BCUT2D eigenvalue weighted by atomic mass is 35.5. The summed E-state index contributed by atoms with van der Waals surface area (Å²) < 4.78 is 5.42. The van der Waals surface area contributed by atoms with Gasteiger partial charge >= 0.3 is 0 Å². The first-order chi connectivity index (χ1) is 9.74. The SMILES string of the molecule is CCCNCC1CCN(Cc2c(Cl)cccc2OC)C1. The number of benzene rings is 1. The van der Waals surface area contributed by atoms with Crippen LogP contribution in [0.25, 0.3) is 0 Å². The molecule has 1 aliphatic rings. The van der Waals surface area contributed by atoms with Gasteiger partial charge in [0, 0.05) is 23.7 Å². The zero-order valence-electron chi connectivity index (χ0n) is 12.5. The molecule has 1 aliphatic heterocycles. The maximum absolute atomic E-state index is 6.31. The summed E-state index contributed by atoms with van der Waals surface area (Å²) in [6.07, 6.45) is 2.47. The Hall–Kier alpha value is -0.770. The standard InChI is InChI=1S/C16H25ClN2O/c1-3-8-18-10-13-7-9-19(11-13)12-14-15(17)5-4-6-16(14)20-2/h4-6,13,18H,3,7-12H2,1-2H3. The van der Waals surface area contributed by atoms with Crippen LogP contribution in [0.3, 0.4) is 0 Å². The number of ether oxygens (including phenoxy) is 1. The predicted octanol–water partition coefficient (Wildman–Crippen LogP) is 3.17. The second kappa shape index (κ2) is 7.87. The third-order valence-electron chi connectivity index (χ3n) is 3.91. The van der Waals surface area contributed by atoms with Gasteiger partial charge in [0.15, 0.2) is 0 Å². The van der Waals surface area contributed by atoms with Crippen LogP contribution in [-0.4, -0.2) is 38.2 Å². The highest BCUT2D eigenvalue weighted by Crippen LogP contribution is 2.29. The second-order valence-electron chi connectivity index (χ2n) is 5.51. The molecule has 20 heavy (non-hydrogen) atoms. The van der Waals surface area contributed by atoms with Crippen molar-refractivity contribution in [2.45, 2.75) is 26.3 Å². The Morgan fingerprint density at radius 3 is 3.05 bits per heavy atom. The van der Waals surface area contributed by atoms with Crippen molar-refractivity contribution in [2.75, 3.05) is 33.3 Å². The second-order valence-corrected chi connectivity index (χ2v) is 5.92. The van der Waals surface area contributed by atoms with Gasteiger partial charge in [0.25, 0.3) is 0 Å². The third-order valence-corrected chi connectivity index (χ3v) is 4.26. The lowest BCUT2D eigenvalue weighted by atomic mass is 10.1. The minimum atomic E-state index is 0.759. The van der Waals surface area contributed by atoms with Crippen LogP contribution in [-0.2, 0) is 6.54 Å². The molecule has 0 saturated carbocycles. The molecular weight excluding hydrogens is 272 g/mol. The average molecular weight is 297 g/mol. The van der Waals surface area contributed by atoms with E-state index >= 15 is 0 Å². The van der Waals surface area contributed by atoms with Crippen molar-refractivity contribution in [1.82, 2.24) is 10.2 Å². The highest BCUT2D eigenvalue weighted by Gasteiger charge is 2.23. The van der Waals surface area contributed by atoms with Crippen LogP contribution in [0.4, 0.5) is 0 Å².